The summed E-state index contributed by atoms with van der Waals surface area (Å²) in [5, 5.41) is 5.03. The van der Waals surface area contributed by atoms with Gasteiger partial charge in [0.2, 0.25) is 0 Å². The van der Waals surface area contributed by atoms with Gasteiger partial charge >= 0.3 is 0 Å². The summed E-state index contributed by atoms with van der Waals surface area (Å²) in [6.07, 6.45) is 2.86. The summed E-state index contributed by atoms with van der Waals surface area (Å²) in [5.74, 6) is 1.10. The summed E-state index contributed by atoms with van der Waals surface area (Å²) in [6, 6.07) is 3.83. The first-order chi connectivity index (χ1) is 6.83. The maximum atomic E-state index is 5.73. The molecule has 0 fully saturated rings. The van der Waals surface area contributed by atoms with Gasteiger partial charge in [-0.3, -0.25) is 0 Å². The quantitative estimate of drug-likeness (QED) is 0.601. The first-order valence-corrected chi connectivity index (χ1v) is 6.14. The van der Waals surface area contributed by atoms with Gasteiger partial charge in [-0.05, 0) is 31.6 Å². The van der Waals surface area contributed by atoms with Gasteiger partial charge in [-0.25, -0.2) is 4.98 Å². The Hall–Kier alpha value is -0.250. The molecule has 0 unspecified atom stereocenters. The minimum Gasteiger partial charge on any atom is -0.317 e. The average Bonchev–Trinajstić information content (AvgIpc) is 2.21. The first-order valence-electron chi connectivity index (χ1n) is 4.78. The van der Waals surface area contributed by atoms with Crippen LogP contribution in [-0.4, -0.2) is 23.8 Å². The lowest BCUT2D eigenvalue weighted by Gasteiger charge is -2.01. The first kappa shape index (κ1) is 11.8. The Morgan fingerprint density at radius 1 is 1.50 bits per heavy atom. The molecule has 0 spiro atoms. The Kier molecular flexibility index (Phi) is 5.99. The largest absolute Gasteiger partial charge is 0.317 e. The Balaban J connectivity index is 2.15. The average molecular weight is 231 g/mol. The van der Waals surface area contributed by atoms with Crippen LogP contribution in [0.1, 0.15) is 13.3 Å². The van der Waals surface area contributed by atoms with Crippen molar-refractivity contribution in [3.05, 3.63) is 23.4 Å². The molecule has 1 aromatic rings. The van der Waals surface area contributed by atoms with E-state index >= 15 is 0 Å². The van der Waals surface area contributed by atoms with Gasteiger partial charge in [-0.2, -0.15) is 0 Å². The van der Waals surface area contributed by atoms with E-state index in [9.17, 15) is 0 Å². The number of pyridine rings is 1. The molecule has 0 aliphatic carbocycles. The second-order valence-electron chi connectivity index (χ2n) is 2.87. The molecule has 0 aliphatic rings. The molecule has 0 atom stereocenters. The van der Waals surface area contributed by atoms with Crippen molar-refractivity contribution >= 4 is 23.4 Å². The van der Waals surface area contributed by atoms with E-state index in [1.54, 1.807) is 18.0 Å². The molecule has 78 valence electrons. The maximum absolute atomic E-state index is 5.73. The number of hydrogen-bond acceptors (Lipinski definition) is 3. The highest BCUT2D eigenvalue weighted by Crippen LogP contribution is 2.17. The maximum Gasteiger partial charge on any atom is 0.0960 e. The summed E-state index contributed by atoms with van der Waals surface area (Å²) < 4.78 is 0. The van der Waals surface area contributed by atoms with Crippen molar-refractivity contribution in [2.45, 2.75) is 18.4 Å². The van der Waals surface area contributed by atoms with E-state index in [-0.39, 0.29) is 0 Å². The molecule has 1 N–H and O–H groups in total. The van der Waals surface area contributed by atoms with E-state index in [4.69, 9.17) is 11.6 Å². The summed E-state index contributed by atoms with van der Waals surface area (Å²) in [5.41, 5.74) is 0. The van der Waals surface area contributed by atoms with Crippen LogP contribution in [0.3, 0.4) is 0 Å². The molecular weight excluding hydrogens is 216 g/mol. The fourth-order valence-electron chi connectivity index (χ4n) is 0.998. The molecule has 2 nitrogen and oxygen atoms in total. The number of nitrogens with one attached hydrogen (secondary N) is 1. The Morgan fingerprint density at radius 2 is 2.36 bits per heavy atom. The summed E-state index contributed by atoms with van der Waals surface area (Å²) in [4.78, 5) is 4.21. The third-order valence-corrected chi connectivity index (χ3v) is 2.95. The van der Waals surface area contributed by atoms with Crippen molar-refractivity contribution in [3.8, 4) is 0 Å². The van der Waals surface area contributed by atoms with Crippen LogP contribution in [0.5, 0.6) is 0 Å². The number of hydrogen-bond donors (Lipinski definition) is 1. The van der Waals surface area contributed by atoms with Gasteiger partial charge in [-0.1, -0.05) is 18.5 Å². The number of halogens is 1. The van der Waals surface area contributed by atoms with Crippen molar-refractivity contribution < 1.29 is 0 Å². The minimum absolute atomic E-state index is 0.696. The van der Waals surface area contributed by atoms with Crippen molar-refractivity contribution in [2.75, 3.05) is 18.8 Å². The van der Waals surface area contributed by atoms with E-state index < -0.39 is 0 Å². The third kappa shape index (κ3) is 4.84. The summed E-state index contributed by atoms with van der Waals surface area (Å²) in [6.45, 7) is 4.24. The highest BCUT2D eigenvalue weighted by Gasteiger charge is 1.95. The number of aromatic nitrogens is 1. The zero-order chi connectivity index (χ0) is 10.2. The molecule has 0 radical (unpaired) electrons. The molecule has 0 amide bonds. The van der Waals surface area contributed by atoms with E-state index in [2.05, 4.69) is 17.2 Å². The van der Waals surface area contributed by atoms with Crippen LogP contribution in [-0.2, 0) is 0 Å². The van der Waals surface area contributed by atoms with Crippen molar-refractivity contribution in [1.82, 2.24) is 10.3 Å². The van der Waals surface area contributed by atoms with Crippen LogP contribution in [0.25, 0.3) is 0 Å². The lowest BCUT2D eigenvalue weighted by atomic mass is 10.5. The molecule has 0 saturated carbocycles. The van der Waals surface area contributed by atoms with Gasteiger partial charge in [0.05, 0.1) is 10.0 Å². The van der Waals surface area contributed by atoms with E-state index in [1.165, 1.54) is 6.42 Å². The van der Waals surface area contributed by atoms with Crippen molar-refractivity contribution in [1.29, 1.82) is 0 Å². The molecule has 0 aromatic carbocycles. The monoisotopic (exact) mass is 230 g/mol. The predicted molar refractivity (Wildman–Crippen MR) is 63.1 cm³/mol. The predicted octanol–water partition coefficient (Wildman–Crippen LogP) is 2.83. The summed E-state index contributed by atoms with van der Waals surface area (Å²) in [7, 11) is 0. The van der Waals surface area contributed by atoms with Crippen LogP contribution in [0.2, 0.25) is 5.02 Å². The minimum atomic E-state index is 0.696. The fraction of sp³-hybridized carbons (Fsp3) is 0.500. The number of nitrogens with zero attached hydrogens (tertiary/aromatic N) is 1. The molecule has 0 saturated heterocycles. The highest BCUT2D eigenvalue weighted by atomic mass is 35.5. The summed E-state index contributed by atoms with van der Waals surface area (Å²) >= 11 is 7.50. The normalized spacial score (nSPS) is 10.4. The van der Waals surface area contributed by atoms with Gasteiger partial charge in [0, 0.05) is 11.9 Å². The van der Waals surface area contributed by atoms with E-state index in [0.29, 0.717) is 5.02 Å². The van der Waals surface area contributed by atoms with Gasteiger partial charge in [0.1, 0.15) is 0 Å². The van der Waals surface area contributed by atoms with Crippen molar-refractivity contribution in [2.24, 2.45) is 0 Å². The lowest BCUT2D eigenvalue weighted by molar-refractivity contribution is 0.707. The number of thioether (sulfide) groups is 1. The van der Waals surface area contributed by atoms with Gasteiger partial charge in [-0.15, -0.1) is 11.8 Å². The standard InChI is InChI=1S/C10H15ClN2S/c1-2-12-6-3-7-14-10-5-4-9(11)8-13-10/h4-5,8,12H,2-3,6-7H2,1H3. The molecule has 1 heterocycles. The van der Waals surface area contributed by atoms with Crippen LogP contribution < -0.4 is 5.32 Å². The molecule has 4 heteroatoms. The van der Waals surface area contributed by atoms with Crippen molar-refractivity contribution in [3.63, 3.8) is 0 Å². The van der Waals surface area contributed by atoms with Crippen LogP contribution in [0.15, 0.2) is 23.4 Å². The van der Waals surface area contributed by atoms with Gasteiger partial charge in [0.25, 0.3) is 0 Å². The molecule has 0 aliphatic heterocycles. The molecule has 14 heavy (non-hydrogen) atoms. The molecule has 1 rings (SSSR count). The molecule has 0 bridgehead atoms. The smallest absolute Gasteiger partial charge is 0.0960 e. The second-order valence-corrected chi connectivity index (χ2v) is 4.42. The van der Waals surface area contributed by atoms with Crippen LogP contribution >= 0.6 is 23.4 Å². The Morgan fingerprint density at radius 3 is 3.00 bits per heavy atom. The number of rotatable bonds is 6. The van der Waals surface area contributed by atoms with E-state index in [1.807, 2.05) is 12.1 Å². The van der Waals surface area contributed by atoms with Gasteiger partial charge in [0.15, 0.2) is 0 Å². The fourth-order valence-corrected chi connectivity index (χ4v) is 1.90. The zero-order valence-corrected chi connectivity index (χ0v) is 9.87. The zero-order valence-electron chi connectivity index (χ0n) is 8.29. The lowest BCUT2D eigenvalue weighted by Crippen LogP contribution is -2.14. The molecular formula is C10H15ClN2S. The van der Waals surface area contributed by atoms with Gasteiger partial charge < -0.3 is 5.32 Å². The van der Waals surface area contributed by atoms with Crippen LogP contribution in [0.4, 0.5) is 0 Å². The third-order valence-electron chi connectivity index (χ3n) is 1.70. The topological polar surface area (TPSA) is 24.9 Å². The Bertz CT molecular complexity index is 251. The Labute approximate surface area is 94.5 Å². The van der Waals surface area contributed by atoms with Crippen LogP contribution in [0, 0.1) is 0 Å². The second kappa shape index (κ2) is 7.10. The SMILES string of the molecule is CCNCCCSc1ccc(Cl)cn1. The highest BCUT2D eigenvalue weighted by molar-refractivity contribution is 7.99. The van der Waals surface area contributed by atoms with E-state index in [0.717, 1.165) is 23.9 Å². The molecule has 1 aromatic heterocycles.